The van der Waals surface area contributed by atoms with Gasteiger partial charge in [0.1, 0.15) is 12.0 Å². The number of carboxylic acid groups (broad SMARTS) is 1. The SMILES string of the molecule is CCC[C@@H]1C[C@H]1CNC(=O)/C=C/c1cc(C(=O)O)co1. The van der Waals surface area contributed by atoms with E-state index in [4.69, 9.17) is 9.52 Å². The van der Waals surface area contributed by atoms with Crippen molar-refractivity contribution in [2.45, 2.75) is 26.2 Å². The van der Waals surface area contributed by atoms with Gasteiger partial charge in [0, 0.05) is 12.6 Å². The Balaban J connectivity index is 1.73. The standard InChI is InChI=1S/C15H19NO4/c1-2-3-10-6-11(10)8-16-14(17)5-4-13-7-12(9-20-13)15(18)19/h4-5,7,9-11H,2-3,6,8H2,1H3,(H,16,17)(H,18,19)/b5-4+/t10-,11+/m1/s1. The van der Waals surface area contributed by atoms with E-state index in [1.54, 1.807) is 0 Å². The van der Waals surface area contributed by atoms with Crippen LogP contribution in [0.3, 0.4) is 0 Å². The molecule has 2 N–H and O–H groups in total. The lowest BCUT2D eigenvalue weighted by Gasteiger charge is -2.00. The molecule has 0 saturated heterocycles. The topological polar surface area (TPSA) is 79.5 Å². The van der Waals surface area contributed by atoms with Gasteiger partial charge in [-0.3, -0.25) is 4.79 Å². The second kappa shape index (κ2) is 6.41. The van der Waals surface area contributed by atoms with E-state index in [2.05, 4.69) is 12.2 Å². The van der Waals surface area contributed by atoms with Crippen molar-refractivity contribution in [1.82, 2.24) is 5.32 Å². The van der Waals surface area contributed by atoms with E-state index in [9.17, 15) is 9.59 Å². The normalized spacial score (nSPS) is 21.1. The van der Waals surface area contributed by atoms with Gasteiger partial charge in [0.15, 0.2) is 0 Å². The molecule has 2 rings (SSSR count). The van der Waals surface area contributed by atoms with Gasteiger partial charge in [0.25, 0.3) is 0 Å². The molecule has 1 aromatic heterocycles. The van der Waals surface area contributed by atoms with Crippen LogP contribution in [-0.2, 0) is 4.79 Å². The summed E-state index contributed by atoms with van der Waals surface area (Å²) in [6, 6.07) is 1.38. The Morgan fingerprint density at radius 2 is 2.30 bits per heavy atom. The maximum Gasteiger partial charge on any atom is 0.338 e. The molecule has 1 amide bonds. The minimum absolute atomic E-state index is 0.0745. The van der Waals surface area contributed by atoms with Crippen molar-refractivity contribution in [3.05, 3.63) is 29.7 Å². The van der Waals surface area contributed by atoms with E-state index in [-0.39, 0.29) is 11.5 Å². The molecule has 0 unspecified atom stereocenters. The highest BCUT2D eigenvalue weighted by Gasteiger charge is 2.35. The predicted molar refractivity (Wildman–Crippen MR) is 74.2 cm³/mol. The molecule has 0 bridgehead atoms. The molecular formula is C15H19NO4. The van der Waals surface area contributed by atoms with Crippen LogP contribution >= 0.6 is 0 Å². The highest BCUT2D eigenvalue weighted by atomic mass is 16.4. The van der Waals surface area contributed by atoms with Gasteiger partial charge in [-0.15, -0.1) is 0 Å². The summed E-state index contributed by atoms with van der Waals surface area (Å²) in [5.74, 6) is 0.517. The van der Waals surface area contributed by atoms with E-state index >= 15 is 0 Å². The molecule has 2 atom stereocenters. The van der Waals surface area contributed by atoms with Gasteiger partial charge in [-0.05, 0) is 30.4 Å². The van der Waals surface area contributed by atoms with E-state index in [1.165, 1.54) is 37.5 Å². The van der Waals surface area contributed by atoms with Crippen molar-refractivity contribution in [2.24, 2.45) is 11.8 Å². The maximum atomic E-state index is 11.6. The van der Waals surface area contributed by atoms with Crippen LogP contribution in [0.15, 0.2) is 22.8 Å². The third-order valence-corrected chi connectivity index (χ3v) is 3.53. The van der Waals surface area contributed by atoms with Crippen molar-refractivity contribution in [3.8, 4) is 0 Å². The lowest BCUT2D eigenvalue weighted by molar-refractivity contribution is -0.116. The predicted octanol–water partition coefficient (Wildman–Crippen LogP) is 2.54. The largest absolute Gasteiger partial charge is 0.478 e. The lowest BCUT2D eigenvalue weighted by Crippen LogP contribution is -2.23. The molecule has 1 heterocycles. The van der Waals surface area contributed by atoms with Crippen molar-refractivity contribution in [1.29, 1.82) is 0 Å². The molecule has 1 aliphatic carbocycles. The molecule has 5 nitrogen and oxygen atoms in total. The fourth-order valence-corrected chi connectivity index (χ4v) is 2.29. The quantitative estimate of drug-likeness (QED) is 0.751. The minimum atomic E-state index is -1.05. The lowest BCUT2D eigenvalue weighted by atomic mass is 10.2. The Labute approximate surface area is 117 Å². The molecule has 1 aromatic rings. The van der Waals surface area contributed by atoms with Crippen molar-refractivity contribution >= 4 is 18.0 Å². The van der Waals surface area contributed by atoms with Crippen LogP contribution in [0.2, 0.25) is 0 Å². The van der Waals surface area contributed by atoms with Crippen LogP contribution in [0.4, 0.5) is 0 Å². The number of nitrogens with one attached hydrogen (secondary N) is 1. The molecule has 1 fully saturated rings. The average Bonchev–Trinajstić information content (AvgIpc) is 2.98. The fraction of sp³-hybridized carbons (Fsp3) is 0.467. The molecule has 20 heavy (non-hydrogen) atoms. The number of carboxylic acids is 1. The third kappa shape index (κ3) is 3.98. The summed E-state index contributed by atoms with van der Waals surface area (Å²) in [6.07, 6.45) is 7.62. The molecule has 0 spiro atoms. The molecule has 0 aromatic carbocycles. The van der Waals surface area contributed by atoms with Crippen LogP contribution in [-0.4, -0.2) is 23.5 Å². The number of amides is 1. The third-order valence-electron chi connectivity index (χ3n) is 3.53. The zero-order valence-electron chi connectivity index (χ0n) is 11.5. The number of carbonyl (C=O) groups excluding carboxylic acids is 1. The van der Waals surface area contributed by atoms with Crippen molar-refractivity contribution in [2.75, 3.05) is 6.54 Å². The van der Waals surface area contributed by atoms with Gasteiger partial charge in [0.2, 0.25) is 5.91 Å². The highest BCUT2D eigenvalue weighted by molar-refractivity contribution is 5.92. The van der Waals surface area contributed by atoms with Gasteiger partial charge in [-0.1, -0.05) is 19.8 Å². The first-order valence-electron chi connectivity index (χ1n) is 6.88. The molecule has 1 saturated carbocycles. The summed E-state index contributed by atoms with van der Waals surface area (Å²) in [4.78, 5) is 22.3. The molecular weight excluding hydrogens is 258 g/mol. The summed E-state index contributed by atoms with van der Waals surface area (Å²) >= 11 is 0. The summed E-state index contributed by atoms with van der Waals surface area (Å²) in [6.45, 7) is 2.89. The van der Waals surface area contributed by atoms with Gasteiger partial charge in [-0.2, -0.15) is 0 Å². The van der Waals surface area contributed by atoms with Gasteiger partial charge < -0.3 is 14.8 Å². The van der Waals surface area contributed by atoms with Crippen LogP contribution in [0, 0.1) is 11.8 Å². The number of rotatable bonds is 7. The molecule has 0 radical (unpaired) electrons. The number of hydrogen-bond acceptors (Lipinski definition) is 3. The van der Waals surface area contributed by atoms with Crippen LogP contribution in [0.25, 0.3) is 6.08 Å². The minimum Gasteiger partial charge on any atom is -0.478 e. The summed E-state index contributed by atoms with van der Waals surface area (Å²) in [7, 11) is 0. The Kier molecular flexibility index (Phi) is 4.61. The number of carbonyl (C=O) groups is 2. The molecule has 1 aliphatic rings. The van der Waals surface area contributed by atoms with Gasteiger partial charge >= 0.3 is 5.97 Å². The maximum absolute atomic E-state index is 11.6. The number of hydrogen-bond donors (Lipinski definition) is 2. The number of furan rings is 1. The highest BCUT2D eigenvalue weighted by Crippen LogP contribution is 2.41. The van der Waals surface area contributed by atoms with E-state index in [0.29, 0.717) is 18.2 Å². The summed E-state index contributed by atoms with van der Waals surface area (Å²) < 4.78 is 5.02. The van der Waals surface area contributed by atoms with Crippen LogP contribution in [0.1, 0.15) is 42.3 Å². The Morgan fingerprint density at radius 1 is 1.50 bits per heavy atom. The second-order valence-corrected chi connectivity index (χ2v) is 5.17. The van der Waals surface area contributed by atoms with Crippen molar-refractivity contribution in [3.63, 3.8) is 0 Å². The van der Waals surface area contributed by atoms with Gasteiger partial charge in [-0.25, -0.2) is 4.79 Å². The first-order chi connectivity index (χ1) is 9.60. The molecule has 0 aliphatic heterocycles. The first-order valence-corrected chi connectivity index (χ1v) is 6.88. The fourth-order valence-electron chi connectivity index (χ4n) is 2.29. The van der Waals surface area contributed by atoms with E-state index in [0.717, 1.165) is 12.2 Å². The average molecular weight is 277 g/mol. The first kappa shape index (κ1) is 14.4. The second-order valence-electron chi connectivity index (χ2n) is 5.17. The summed E-state index contributed by atoms with van der Waals surface area (Å²) in [5.41, 5.74) is 0.0745. The molecule has 5 heteroatoms. The van der Waals surface area contributed by atoms with E-state index in [1.807, 2.05) is 0 Å². The van der Waals surface area contributed by atoms with Crippen molar-refractivity contribution < 1.29 is 19.1 Å². The Bertz CT molecular complexity index is 518. The number of aromatic carboxylic acids is 1. The molecule has 108 valence electrons. The zero-order valence-corrected chi connectivity index (χ0v) is 11.5. The smallest absolute Gasteiger partial charge is 0.338 e. The van der Waals surface area contributed by atoms with Crippen LogP contribution in [0.5, 0.6) is 0 Å². The summed E-state index contributed by atoms with van der Waals surface area (Å²) in [5, 5.41) is 11.6. The zero-order chi connectivity index (χ0) is 14.5. The van der Waals surface area contributed by atoms with Gasteiger partial charge in [0.05, 0.1) is 5.56 Å². The van der Waals surface area contributed by atoms with Crippen LogP contribution < -0.4 is 5.32 Å². The monoisotopic (exact) mass is 277 g/mol. The van der Waals surface area contributed by atoms with E-state index < -0.39 is 5.97 Å². The Hall–Kier alpha value is -2.04. The Morgan fingerprint density at radius 3 is 2.95 bits per heavy atom.